The van der Waals surface area contributed by atoms with Crippen molar-refractivity contribution in [2.45, 2.75) is 44.3 Å². The zero-order chi connectivity index (χ0) is 20.7. The monoisotopic (exact) mass is 427 g/mol. The Bertz CT molecular complexity index is 926. The van der Waals surface area contributed by atoms with Crippen LogP contribution in [0.4, 0.5) is 0 Å². The van der Waals surface area contributed by atoms with Crippen LogP contribution in [-0.2, 0) is 16.1 Å². The number of piperidine rings is 3. The van der Waals surface area contributed by atoms with Crippen LogP contribution in [-0.4, -0.2) is 52.7 Å². The van der Waals surface area contributed by atoms with E-state index in [0.29, 0.717) is 31.6 Å². The molecule has 158 valence electrons. The summed E-state index contributed by atoms with van der Waals surface area (Å²) in [7, 11) is 0. The number of hydrogen-bond acceptors (Lipinski definition) is 5. The van der Waals surface area contributed by atoms with Crippen molar-refractivity contribution in [1.82, 2.24) is 15.1 Å². The van der Waals surface area contributed by atoms with Gasteiger partial charge in [0.2, 0.25) is 11.8 Å². The van der Waals surface area contributed by atoms with E-state index in [0.717, 1.165) is 24.8 Å². The second-order valence-corrected chi connectivity index (χ2v) is 9.31. The smallest absolute Gasteiger partial charge is 0.257 e. The average Bonchev–Trinajstić information content (AvgIpc) is 3.46. The molecule has 2 bridgehead atoms. The van der Waals surface area contributed by atoms with Crippen LogP contribution in [0.25, 0.3) is 0 Å². The van der Waals surface area contributed by atoms with Gasteiger partial charge in [-0.3, -0.25) is 14.4 Å². The molecule has 0 unspecified atom stereocenters. The van der Waals surface area contributed by atoms with Crippen LogP contribution in [0, 0.1) is 11.8 Å². The molecule has 30 heavy (non-hydrogen) atoms. The molecule has 0 aliphatic carbocycles. The first-order chi connectivity index (χ1) is 14.6. The van der Waals surface area contributed by atoms with Gasteiger partial charge in [-0.05, 0) is 53.6 Å². The van der Waals surface area contributed by atoms with Crippen molar-refractivity contribution >= 4 is 29.1 Å². The molecule has 3 aliphatic rings. The summed E-state index contributed by atoms with van der Waals surface area (Å²) in [5, 5.41) is 7.03. The first-order valence-corrected chi connectivity index (χ1v) is 11.5. The number of carbonyl (C=O) groups excluding carboxylic acids is 3. The quantitative estimate of drug-likeness (QED) is 0.813. The van der Waals surface area contributed by atoms with Crippen LogP contribution in [0.15, 0.2) is 39.8 Å². The minimum atomic E-state index is -0.516. The third-order valence-corrected chi connectivity index (χ3v) is 7.44. The maximum Gasteiger partial charge on any atom is 0.257 e. The van der Waals surface area contributed by atoms with Gasteiger partial charge < -0.3 is 19.5 Å². The Labute approximate surface area is 179 Å². The molecule has 3 saturated heterocycles. The lowest BCUT2D eigenvalue weighted by Crippen LogP contribution is -2.68. The number of fused-ring (bicyclic) bond motifs is 4. The Morgan fingerprint density at radius 2 is 2.10 bits per heavy atom. The molecule has 3 aliphatic heterocycles. The minimum Gasteiger partial charge on any atom is -0.472 e. The van der Waals surface area contributed by atoms with Crippen molar-refractivity contribution in [2.75, 3.05) is 13.1 Å². The van der Waals surface area contributed by atoms with Gasteiger partial charge >= 0.3 is 0 Å². The largest absolute Gasteiger partial charge is 0.472 e. The van der Waals surface area contributed by atoms with Gasteiger partial charge in [0.25, 0.3) is 5.91 Å². The first kappa shape index (κ1) is 19.4. The summed E-state index contributed by atoms with van der Waals surface area (Å²) in [4.78, 5) is 42.8. The Hall–Kier alpha value is -2.61. The highest BCUT2D eigenvalue weighted by molar-refractivity contribution is 7.07. The number of rotatable bonds is 4. The van der Waals surface area contributed by atoms with E-state index in [9.17, 15) is 14.4 Å². The third kappa shape index (κ3) is 3.43. The standard InChI is InChI=1S/C22H25N3O4S/c26-19-3-1-2-18-16-8-17(11-24(10-16)22(28)15-4-6-29-12-15)20(25(18)19)21(27)23-9-14-5-7-30-13-14/h4-7,12-13,16-18,20H,1-3,8-11H2,(H,23,27)/t16-,17+,18+,20-/m1/s1. The van der Waals surface area contributed by atoms with Gasteiger partial charge in [-0.25, -0.2) is 0 Å². The Morgan fingerprint density at radius 3 is 2.87 bits per heavy atom. The summed E-state index contributed by atoms with van der Waals surface area (Å²) in [5.41, 5.74) is 1.59. The molecule has 0 radical (unpaired) electrons. The molecule has 8 heteroatoms. The van der Waals surface area contributed by atoms with Gasteiger partial charge in [-0.1, -0.05) is 0 Å². The number of hydrogen-bond donors (Lipinski definition) is 1. The molecule has 2 aromatic rings. The highest BCUT2D eigenvalue weighted by Crippen LogP contribution is 2.42. The van der Waals surface area contributed by atoms with Crippen molar-refractivity contribution in [3.63, 3.8) is 0 Å². The number of likely N-dealkylation sites (tertiary alicyclic amines) is 1. The van der Waals surface area contributed by atoms with Gasteiger partial charge in [-0.15, -0.1) is 0 Å². The van der Waals surface area contributed by atoms with Crippen LogP contribution in [0.5, 0.6) is 0 Å². The number of thiophene rings is 1. The molecule has 2 aromatic heterocycles. The molecule has 5 rings (SSSR count). The van der Waals surface area contributed by atoms with E-state index in [-0.39, 0.29) is 35.6 Å². The Balaban J connectivity index is 1.39. The van der Waals surface area contributed by atoms with E-state index in [1.54, 1.807) is 17.4 Å². The molecule has 4 atom stereocenters. The fraction of sp³-hybridized carbons (Fsp3) is 0.500. The van der Waals surface area contributed by atoms with E-state index in [4.69, 9.17) is 4.42 Å². The second-order valence-electron chi connectivity index (χ2n) is 8.53. The Kier molecular flexibility index (Phi) is 5.10. The summed E-state index contributed by atoms with van der Waals surface area (Å²) in [6.45, 7) is 1.56. The summed E-state index contributed by atoms with van der Waals surface area (Å²) >= 11 is 1.59. The van der Waals surface area contributed by atoms with Crippen molar-refractivity contribution in [3.05, 3.63) is 46.5 Å². The maximum absolute atomic E-state index is 13.3. The summed E-state index contributed by atoms with van der Waals surface area (Å²) in [6, 6.07) is 3.17. The highest BCUT2D eigenvalue weighted by Gasteiger charge is 2.52. The number of furan rings is 1. The minimum absolute atomic E-state index is 0.0272. The van der Waals surface area contributed by atoms with Crippen LogP contribution >= 0.6 is 11.3 Å². The van der Waals surface area contributed by atoms with Crippen LogP contribution in [0.2, 0.25) is 0 Å². The average molecular weight is 428 g/mol. The van der Waals surface area contributed by atoms with Crippen LogP contribution in [0.1, 0.15) is 41.6 Å². The topological polar surface area (TPSA) is 82.9 Å². The number of carbonyl (C=O) groups is 3. The molecular weight excluding hydrogens is 402 g/mol. The maximum atomic E-state index is 13.3. The van der Waals surface area contributed by atoms with Gasteiger partial charge in [-0.2, -0.15) is 11.3 Å². The summed E-state index contributed by atoms with van der Waals surface area (Å²) in [6.07, 6.45) is 6.09. The van der Waals surface area contributed by atoms with Gasteiger partial charge in [0.15, 0.2) is 0 Å². The molecule has 0 spiro atoms. The van der Waals surface area contributed by atoms with E-state index < -0.39 is 6.04 Å². The van der Waals surface area contributed by atoms with Gasteiger partial charge in [0, 0.05) is 38.0 Å². The second kappa shape index (κ2) is 7.91. The zero-order valence-electron chi connectivity index (χ0n) is 16.7. The highest BCUT2D eigenvalue weighted by atomic mass is 32.1. The molecule has 3 amide bonds. The fourth-order valence-corrected chi connectivity index (χ4v) is 6.08. The zero-order valence-corrected chi connectivity index (χ0v) is 17.5. The summed E-state index contributed by atoms with van der Waals surface area (Å²) in [5.74, 6) is 0.0605. The lowest BCUT2D eigenvalue weighted by molar-refractivity contribution is -0.159. The lowest BCUT2D eigenvalue weighted by Gasteiger charge is -2.55. The lowest BCUT2D eigenvalue weighted by atomic mass is 9.71. The van der Waals surface area contributed by atoms with Crippen molar-refractivity contribution in [3.8, 4) is 0 Å². The van der Waals surface area contributed by atoms with Crippen molar-refractivity contribution < 1.29 is 18.8 Å². The Morgan fingerprint density at radius 1 is 1.23 bits per heavy atom. The van der Waals surface area contributed by atoms with Crippen molar-refractivity contribution in [2.24, 2.45) is 11.8 Å². The predicted molar refractivity (Wildman–Crippen MR) is 111 cm³/mol. The third-order valence-electron chi connectivity index (χ3n) is 6.71. The molecule has 3 fully saturated rings. The molecule has 0 aromatic carbocycles. The number of nitrogens with zero attached hydrogens (tertiary/aromatic N) is 2. The van der Waals surface area contributed by atoms with E-state index >= 15 is 0 Å². The fourth-order valence-electron chi connectivity index (χ4n) is 5.42. The van der Waals surface area contributed by atoms with Gasteiger partial charge in [0.05, 0.1) is 11.8 Å². The molecule has 0 saturated carbocycles. The molecule has 5 heterocycles. The molecule has 1 N–H and O–H groups in total. The predicted octanol–water partition coefficient (Wildman–Crippen LogP) is 2.50. The van der Waals surface area contributed by atoms with E-state index in [1.165, 1.54) is 12.5 Å². The van der Waals surface area contributed by atoms with E-state index in [1.807, 2.05) is 26.6 Å². The SMILES string of the molecule is O=C(NCc1ccsc1)[C@H]1[C@H]2C[C@H](CN(C(=O)c3ccoc3)C2)[C@@H]2CCCC(=O)N21. The van der Waals surface area contributed by atoms with Crippen molar-refractivity contribution in [1.29, 1.82) is 0 Å². The molecular formula is C22H25N3O4S. The summed E-state index contributed by atoms with van der Waals surface area (Å²) < 4.78 is 5.08. The number of amides is 3. The normalized spacial score (nSPS) is 28.2. The van der Waals surface area contributed by atoms with Gasteiger partial charge in [0.1, 0.15) is 12.3 Å². The number of nitrogens with one attached hydrogen (secondary N) is 1. The molecule has 7 nitrogen and oxygen atoms in total. The first-order valence-electron chi connectivity index (χ1n) is 10.5. The van der Waals surface area contributed by atoms with Crippen LogP contribution in [0.3, 0.4) is 0 Å². The van der Waals surface area contributed by atoms with Crippen LogP contribution < -0.4 is 5.32 Å². The van der Waals surface area contributed by atoms with E-state index in [2.05, 4.69) is 5.32 Å².